The first-order valence-electron chi connectivity index (χ1n) is 9.98. The molecule has 0 rings (SSSR count). The lowest BCUT2D eigenvalue weighted by Gasteiger charge is -2.19. The quantitative estimate of drug-likeness (QED) is 0.122. The average molecular weight is 509 g/mol. The first-order valence-corrected chi connectivity index (χ1v) is 15.8. The SMILES string of the molecule is CN(CCCCN(C)CCCNCCSS(=O)(=O)[O-])CCCNCCSS(=O)(=O)[O-]. The highest BCUT2D eigenvalue weighted by atomic mass is 33.2. The van der Waals surface area contributed by atoms with Gasteiger partial charge in [0, 0.05) is 24.6 Å². The largest absolute Gasteiger partial charge is 0.739 e. The molecule has 14 heteroatoms. The van der Waals surface area contributed by atoms with E-state index >= 15 is 0 Å². The van der Waals surface area contributed by atoms with Crippen LogP contribution in [-0.4, -0.2) is 114 Å². The van der Waals surface area contributed by atoms with Crippen molar-refractivity contribution in [2.75, 3.05) is 78.0 Å². The third-order valence-electron chi connectivity index (χ3n) is 4.13. The van der Waals surface area contributed by atoms with Crippen molar-refractivity contribution in [2.24, 2.45) is 0 Å². The van der Waals surface area contributed by atoms with Crippen molar-refractivity contribution in [2.45, 2.75) is 25.7 Å². The number of nitrogens with one attached hydrogen (secondary N) is 2. The molecular weight excluding hydrogens is 472 g/mol. The van der Waals surface area contributed by atoms with E-state index < -0.39 is 18.3 Å². The van der Waals surface area contributed by atoms with Gasteiger partial charge in [0.25, 0.3) is 0 Å². The van der Waals surface area contributed by atoms with Crippen LogP contribution < -0.4 is 10.6 Å². The summed E-state index contributed by atoms with van der Waals surface area (Å²) < 4.78 is 62.7. The lowest BCUT2D eigenvalue weighted by molar-refractivity contribution is 0.288. The molecule has 0 fully saturated rings. The monoisotopic (exact) mass is 508 g/mol. The maximum Gasteiger partial charge on any atom is 0.149 e. The van der Waals surface area contributed by atoms with Gasteiger partial charge in [0.2, 0.25) is 0 Å². The lowest BCUT2D eigenvalue weighted by Crippen LogP contribution is -2.28. The molecule has 30 heavy (non-hydrogen) atoms. The molecule has 0 aliphatic heterocycles. The van der Waals surface area contributed by atoms with Crippen LogP contribution in [0.5, 0.6) is 0 Å². The maximum atomic E-state index is 10.4. The number of rotatable bonds is 21. The first-order chi connectivity index (χ1) is 14.0. The summed E-state index contributed by atoms with van der Waals surface area (Å²) in [5.74, 6) is 0.548. The fourth-order valence-electron chi connectivity index (χ4n) is 2.62. The summed E-state index contributed by atoms with van der Waals surface area (Å²) in [5.41, 5.74) is 0. The van der Waals surface area contributed by atoms with Crippen LogP contribution in [0.25, 0.3) is 0 Å². The Balaban J connectivity index is 3.42. The van der Waals surface area contributed by atoms with Crippen molar-refractivity contribution in [3.63, 3.8) is 0 Å². The molecule has 10 nitrogen and oxygen atoms in total. The van der Waals surface area contributed by atoms with Crippen LogP contribution in [-0.2, 0) is 18.3 Å². The van der Waals surface area contributed by atoms with Crippen molar-refractivity contribution in [3.8, 4) is 0 Å². The van der Waals surface area contributed by atoms with Gasteiger partial charge >= 0.3 is 0 Å². The summed E-state index contributed by atoms with van der Waals surface area (Å²) in [6.45, 7) is 6.61. The van der Waals surface area contributed by atoms with Crippen LogP contribution in [0.2, 0.25) is 0 Å². The van der Waals surface area contributed by atoms with Crippen LogP contribution in [0.15, 0.2) is 0 Å². The number of hydrogen-bond donors (Lipinski definition) is 2. The van der Waals surface area contributed by atoms with E-state index in [9.17, 15) is 25.9 Å². The number of nitrogens with zero attached hydrogens (tertiary/aromatic N) is 2. The third kappa shape index (κ3) is 24.6. The van der Waals surface area contributed by atoms with Gasteiger partial charge in [-0.25, -0.2) is 16.8 Å². The molecule has 182 valence electrons. The maximum absolute atomic E-state index is 10.4. The van der Waals surface area contributed by atoms with Crippen LogP contribution in [0.1, 0.15) is 25.7 Å². The van der Waals surface area contributed by atoms with Crippen LogP contribution in [0.3, 0.4) is 0 Å². The topological polar surface area (TPSA) is 145 Å². The number of unbranched alkanes of at least 4 members (excludes halogenated alkanes) is 1. The van der Waals surface area contributed by atoms with E-state index in [1.165, 1.54) is 0 Å². The lowest BCUT2D eigenvalue weighted by atomic mass is 10.2. The van der Waals surface area contributed by atoms with Crippen molar-refractivity contribution in [1.82, 2.24) is 20.4 Å². The molecule has 0 bridgehead atoms. The second-order valence-corrected chi connectivity index (χ2v) is 13.8. The molecule has 0 aromatic heterocycles. The highest BCUT2D eigenvalue weighted by molar-refractivity contribution is 8.70. The molecule has 0 aromatic carbocycles. The summed E-state index contributed by atoms with van der Waals surface area (Å²) in [5, 5.41) is 6.27. The highest BCUT2D eigenvalue weighted by Crippen LogP contribution is 2.07. The summed E-state index contributed by atoms with van der Waals surface area (Å²) in [6.07, 6.45) is 4.17. The Bertz CT molecular complexity index is 567. The molecule has 0 atom stereocenters. The first kappa shape index (κ1) is 30.4. The molecule has 0 radical (unpaired) electrons. The summed E-state index contributed by atoms with van der Waals surface area (Å²) in [4.78, 5) is 4.56. The summed E-state index contributed by atoms with van der Waals surface area (Å²) >= 11 is 0. The minimum absolute atomic E-state index is 0.274. The van der Waals surface area contributed by atoms with E-state index in [-0.39, 0.29) is 11.5 Å². The summed E-state index contributed by atoms with van der Waals surface area (Å²) in [6, 6.07) is 0. The van der Waals surface area contributed by atoms with E-state index in [1.807, 2.05) is 0 Å². The molecule has 0 saturated carbocycles. The van der Waals surface area contributed by atoms with Gasteiger partial charge in [-0.3, -0.25) is 0 Å². The van der Waals surface area contributed by atoms with E-state index in [0.29, 0.717) is 34.7 Å². The van der Waals surface area contributed by atoms with Gasteiger partial charge in [-0.15, -0.1) is 0 Å². The van der Waals surface area contributed by atoms with E-state index in [0.717, 1.165) is 65.0 Å². The van der Waals surface area contributed by atoms with Crippen molar-refractivity contribution >= 4 is 39.9 Å². The molecule has 2 N–H and O–H groups in total. The molecule has 0 heterocycles. The fourth-order valence-corrected chi connectivity index (χ4v) is 5.21. The summed E-state index contributed by atoms with van der Waals surface area (Å²) in [7, 11) is -3.33. The Kier molecular flexibility index (Phi) is 18.1. The molecule has 0 spiro atoms. The predicted molar refractivity (Wildman–Crippen MR) is 124 cm³/mol. The Morgan fingerprint density at radius 2 is 0.967 bits per heavy atom. The molecule has 0 amide bonds. The molecule has 0 unspecified atom stereocenters. The van der Waals surface area contributed by atoms with E-state index in [1.54, 1.807) is 0 Å². The zero-order valence-corrected chi connectivity index (χ0v) is 21.1. The van der Waals surface area contributed by atoms with Gasteiger partial charge in [0.05, 0.1) is 0 Å². The molecule has 0 aliphatic carbocycles. The highest BCUT2D eigenvalue weighted by Gasteiger charge is 2.02. The second-order valence-electron chi connectivity index (χ2n) is 6.98. The van der Waals surface area contributed by atoms with Gasteiger partial charge in [-0.05, 0) is 101 Å². The van der Waals surface area contributed by atoms with Gasteiger partial charge in [-0.2, -0.15) is 0 Å². The minimum atomic E-state index is -4.18. The Morgan fingerprint density at radius 3 is 1.30 bits per heavy atom. The molecular formula is C16H36N4O6S4-2. The van der Waals surface area contributed by atoms with Crippen molar-refractivity contribution < 1.29 is 25.9 Å². The standard InChI is InChI=1S/C16H38N4O6S4/c1-19(13-5-7-17-9-15-27-29(21,22)23)11-3-4-12-20(2)14-6-8-18-10-16-28-30(24,25)26/h17-18H,3-16H2,1-2H3,(H,21,22,23)(H,24,25,26)/p-2. The Labute approximate surface area is 189 Å². The van der Waals surface area contributed by atoms with Crippen LogP contribution in [0, 0.1) is 0 Å². The van der Waals surface area contributed by atoms with Crippen molar-refractivity contribution in [1.29, 1.82) is 0 Å². The normalized spacial score (nSPS) is 12.9. The molecule has 0 aliphatic rings. The van der Waals surface area contributed by atoms with E-state index in [2.05, 4.69) is 34.5 Å². The average Bonchev–Trinajstić information content (AvgIpc) is 2.62. The van der Waals surface area contributed by atoms with Gasteiger partial charge in [0.15, 0.2) is 0 Å². The predicted octanol–water partition coefficient (Wildman–Crippen LogP) is -0.0236. The minimum Gasteiger partial charge on any atom is -0.739 e. The van der Waals surface area contributed by atoms with Gasteiger partial charge in [-0.1, -0.05) is 0 Å². The smallest absolute Gasteiger partial charge is 0.149 e. The second kappa shape index (κ2) is 17.9. The van der Waals surface area contributed by atoms with Crippen LogP contribution >= 0.6 is 21.6 Å². The molecule has 0 aromatic rings. The van der Waals surface area contributed by atoms with Gasteiger partial charge < -0.3 is 29.5 Å². The number of hydrogen-bond acceptors (Lipinski definition) is 12. The van der Waals surface area contributed by atoms with Gasteiger partial charge in [0.1, 0.15) is 18.3 Å². The third-order valence-corrected chi connectivity index (χ3v) is 8.18. The van der Waals surface area contributed by atoms with E-state index in [4.69, 9.17) is 0 Å². The Hall–Kier alpha value is 0.360. The Morgan fingerprint density at radius 1 is 0.633 bits per heavy atom. The van der Waals surface area contributed by atoms with Crippen molar-refractivity contribution in [3.05, 3.63) is 0 Å². The zero-order valence-electron chi connectivity index (χ0n) is 17.9. The fraction of sp³-hybridized carbons (Fsp3) is 1.00. The molecule has 0 saturated heterocycles. The zero-order chi connectivity index (χ0) is 22.9. The van der Waals surface area contributed by atoms with Crippen LogP contribution in [0.4, 0.5) is 0 Å².